The average molecular weight is 473 g/mol. The monoisotopic (exact) mass is 472 g/mol. The maximum Gasteiger partial charge on any atom is 0.234 e. The standard InChI is InChI=1S/C22H26Cl2N8/c1-4-18-26-21(30-22(27-18)32-11-9-31(3)10-12-32)29-20-25-14(2)17(19(24)28-20)13-15-5-7-16(23)8-6-15/h5-8H,4,9-13H2,1-3H3,(H,25,26,27,28,29,30). The highest BCUT2D eigenvalue weighted by atomic mass is 35.5. The van der Waals surface area contributed by atoms with E-state index in [1.165, 1.54) is 0 Å². The zero-order chi connectivity index (χ0) is 22.7. The Bertz CT molecular complexity index is 1060. The minimum atomic E-state index is 0.366. The number of nitrogens with zero attached hydrogens (tertiary/aromatic N) is 7. The van der Waals surface area contributed by atoms with Gasteiger partial charge >= 0.3 is 0 Å². The fourth-order valence-electron chi connectivity index (χ4n) is 3.49. The molecule has 1 aromatic carbocycles. The number of likely N-dealkylation sites (N-methyl/N-ethyl adjacent to an activating group) is 1. The SMILES string of the molecule is CCc1nc(Nc2nc(C)c(Cc3ccc(Cl)cc3)c(Cl)n2)nc(N2CCN(C)CC2)n1. The second-order valence-electron chi connectivity index (χ2n) is 7.85. The molecule has 3 aromatic rings. The fraction of sp³-hybridized carbons (Fsp3) is 0.409. The Balaban J connectivity index is 1.55. The number of aryl methyl sites for hydroxylation is 2. The fourth-order valence-corrected chi connectivity index (χ4v) is 3.90. The quantitative estimate of drug-likeness (QED) is 0.540. The summed E-state index contributed by atoms with van der Waals surface area (Å²) in [5.74, 6) is 2.19. The zero-order valence-corrected chi connectivity index (χ0v) is 20.0. The van der Waals surface area contributed by atoms with Crippen molar-refractivity contribution in [3.8, 4) is 0 Å². The lowest BCUT2D eigenvalue weighted by Crippen LogP contribution is -2.45. The molecular weight excluding hydrogens is 447 g/mol. The van der Waals surface area contributed by atoms with Crippen LogP contribution in [0.25, 0.3) is 0 Å². The van der Waals surface area contributed by atoms with Crippen LogP contribution < -0.4 is 10.2 Å². The predicted molar refractivity (Wildman–Crippen MR) is 128 cm³/mol. The van der Waals surface area contributed by atoms with Crippen LogP contribution in [-0.2, 0) is 12.8 Å². The lowest BCUT2D eigenvalue weighted by atomic mass is 10.1. The lowest BCUT2D eigenvalue weighted by Gasteiger charge is -2.32. The summed E-state index contributed by atoms with van der Waals surface area (Å²) in [5.41, 5.74) is 2.76. The normalized spacial score (nSPS) is 14.6. The molecule has 0 aliphatic carbocycles. The molecule has 1 N–H and O–H groups in total. The second-order valence-corrected chi connectivity index (χ2v) is 8.64. The van der Waals surface area contributed by atoms with E-state index in [0.29, 0.717) is 40.9 Å². The number of rotatable bonds is 6. The minimum Gasteiger partial charge on any atom is -0.338 e. The van der Waals surface area contributed by atoms with E-state index in [0.717, 1.165) is 48.8 Å². The Morgan fingerprint density at radius 2 is 1.59 bits per heavy atom. The molecule has 1 saturated heterocycles. The molecule has 3 heterocycles. The summed E-state index contributed by atoms with van der Waals surface area (Å²) in [7, 11) is 2.12. The third-order valence-corrected chi connectivity index (χ3v) is 6.02. The molecule has 10 heteroatoms. The van der Waals surface area contributed by atoms with Crippen LogP contribution in [0.1, 0.15) is 29.6 Å². The molecule has 0 amide bonds. The highest BCUT2D eigenvalue weighted by Crippen LogP contribution is 2.24. The van der Waals surface area contributed by atoms with E-state index in [1.54, 1.807) is 0 Å². The Morgan fingerprint density at radius 1 is 0.906 bits per heavy atom. The summed E-state index contributed by atoms with van der Waals surface area (Å²) >= 11 is 12.5. The Kier molecular flexibility index (Phi) is 7.03. The smallest absolute Gasteiger partial charge is 0.234 e. The first-order chi connectivity index (χ1) is 15.4. The number of piperazine rings is 1. The summed E-state index contributed by atoms with van der Waals surface area (Å²) in [6.45, 7) is 7.65. The maximum absolute atomic E-state index is 6.52. The Morgan fingerprint density at radius 3 is 2.25 bits per heavy atom. The molecule has 0 bridgehead atoms. The van der Waals surface area contributed by atoms with Crippen molar-refractivity contribution in [2.24, 2.45) is 0 Å². The van der Waals surface area contributed by atoms with Gasteiger partial charge in [-0.2, -0.15) is 15.0 Å². The number of nitrogens with one attached hydrogen (secondary N) is 1. The van der Waals surface area contributed by atoms with Crippen molar-refractivity contribution in [1.29, 1.82) is 0 Å². The van der Waals surface area contributed by atoms with Gasteiger partial charge in [0.1, 0.15) is 11.0 Å². The largest absolute Gasteiger partial charge is 0.338 e. The van der Waals surface area contributed by atoms with Crippen molar-refractivity contribution in [2.45, 2.75) is 26.7 Å². The van der Waals surface area contributed by atoms with Gasteiger partial charge in [-0.15, -0.1) is 0 Å². The van der Waals surface area contributed by atoms with Gasteiger partial charge in [0.05, 0.1) is 0 Å². The summed E-state index contributed by atoms with van der Waals surface area (Å²) in [5, 5.41) is 4.23. The zero-order valence-electron chi connectivity index (χ0n) is 18.4. The third kappa shape index (κ3) is 5.43. The van der Waals surface area contributed by atoms with Crippen LogP contribution in [-0.4, -0.2) is 63.0 Å². The van der Waals surface area contributed by atoms with Gasteiger partial charge in [0.2, 0.25) is 17.8 Å². The second kappa shape index (κ2) is 9.94. The van der Waals surface area contributed by atoms with E-state index < -0.39 is 0 Å². The Labute approximate surface area is 198 Å². The van der Waals surface area contributed by atoms with Crippen LogP contribution in [0.2, 0.25) is 10.2 Å². The molecule has 0 atom stereocenters. The van der Waals surface area contributed by atoms with Crippen molar-refractivity contribution < 1.29 is 0 Å². The number of aromatic nitrogens is 5. The summed E-state index contributed by atoms with van der Waals surface area (Å²) in [4.78, 5) is 27.3. The average Bonchev–Trinajstić information content (AvgIpc) is 2.78. The first-order valence-electron chi connectivity index (χ1n) is 10.6. The van der Waals surface area contributed by atoms with Gasteiger partial charge in [0.15, 0.2) is 0 Å². The molecule has 32 heavy (non-hydrogen) atoms. The van der Waals surface area contributed by atoms with Crippen molar-refractivity contribution in [1.82, 2.24) is 29.8 Å². The molecule has 0 spiro atoms. The van der Waals surface area contributed by atoms with Crippen LogP contribution >= 0.6 is 23.2 Å². The summed E-state index contributed by atoms with van der Waals surface area (Å²) in [6, 6.07) is 7.67. The molecule has 0 radical (unpaired) electrons. The first kappa shape index (κ1) is 22.6. The van der Waals surface area contributed by atoms with Crippen molar-refractivity contribution in [3.63, 3.8) is 0 Å². The molecule has 1 aliphatic heterocycles. The highest BCUT2D eigenvalue weighted by molar-refractivity contribution is 6.30. The van der Waals surface area contributed by atoms with E-state index in [1.807, 2.05) is 38.1 Å². The van der Waals surface area contributed by atoms with Gasteiger partial charge in [-0.3, -0.25) is 5.32 Å². The van der Waals surface area contributed by atoms with Crippen molar-refractivity contribution in [3.05, 3.63) is 57.1 Å². The molecule has 0 saturated carbocycles. The van der Waals surface area contributed by atoms with Crippen LogP contribution in [0, 0.1) is 6.92 Å². The lowest BCUT2D eigenvalue weighted by molar-refractivity contribution is 0.311. The molecule has 4 rings (SSSR count). The van der Waals surface area contributed by atoms with E-state index >= 15 is 0 Å². The van der Waals surface area contributed by atoms with Gasteiger partial charge in [-0.05, 0) is 31.7 Å². The number of hydrogen-bond donors (Lipinski definition) is 1. The van der Waals surface area contributed by atoms with E-state index in [-0.39, 0.29) is 0 Å². The number of hydrogen-bond acceptors (Lipinski definition) is 8. The van der Waals surface area contributed by atoms with Gasteiger partial charge < -0.3 is 9.80 Å². The molecular formula is C22H26Cl2N8. The third-order valence-electron chi connectivity index (χ3n) is 5.45. The molecule has 168 valence electrons. The molecule has 1 aliphatic rings. The maximum atomic E-state index is 6.52. The number of benzene rings is 1. The van der Waals surface area contributed by atoms with E-state index in [4.69, 9.17) is 23.2 Å². The predicted octanol–water partition coefficient (Wildman–Crippen LogP) is 3.93. The van der Waals surface area contributed by atoms with E-state index in [2.05, 4.69) is 47.1 Å². The minimum absolute atomic E-state index is 0.366. The molecule has 0 unspecified atom stereocenters. The van der Waals surface area contributed by atoms with E-state index in [9.17, 15) is 0 Å². The highest BCUT2D eigenvalue weighted by Gasteiger charge is 2.19. The van der Waals surface area contributed by atoms with Gasteiger partial charge in [0.25, 0.3) is 0 Å². The Hall–Kier alpha value is -2.55. The summed E-state index contributed by atoms with van der Waals surface area (Å²) < 4.78 is 0. The van der Waals surface area contributed by atoms with Gasteiger partial charge in [-0.25, -0.2) is 9.97 Å². The number of halogens is 2. The molecule has 1 fully saturated rings. The van der Waals surface area contributed by atoms with Crippen LogP contribution in [0.3, 0.4) is 0 Å². The summed E-state index contributed by atoms with van der Waals surface area (Å²) in [6.07, 6.45) is 1.33. The van der Waals surface area contributed by atoms with Crippen LogP contribution in [0.4, 0.5) is 17.8 Å². The van der Waals surface area contributed by atoms with Crippen LogP contribution in [0.15, 0.2) is 24.3 Å². The first-order valence-corrected chi connectivity index (χ1v) is 11.4. The van der Waals surface area contributed by atoms with Crippen molar-refractivity contribution >= 4 is 41.0 Å². The number of anilines is 3. The van der Waals surface area contributed by atoms with Gasteiger partial charge in [-0.1, -0.05) is 42.3 Å². The molecule has 2 aromatic heterocycles. The van der Waals surface area contributed by atoms with Crippen molar-refractivity contribution in [2.75, 3.05) is 43.4 Å². The van der Waals surface area contributed by atoms with Crippen LogP contribution in [0.5, 0.6) is 0 Å². The topological polar surface area (TPSA) is 83.0 Å². The molecule has 8 nitrogen and oxygen atoms in total. The van der Waals surface area contributed by atoms with Gasteiger partial charge in [0, 0.05) is 55.3 Å².